The number of hydrogen-bond donors (Lipinski definition) is 3. The van der Waals surface area contributed by atoms with Crippen LogP contribution in [0.3, 0.4) is 0 Å². The maximum Gasteiger partial charge on any atom is 0.191 e. The minimum atomic E-state index is 0.317. The first-order chi connectivity index (χ1) is 12.3. The third-order valence-electron chi connectivity index (χ3n) is 3.88. The summed E-state index contributed by atoms with van der Waals surface area (Å²) in [6.45, 7) is 4.50. The zero-order valence-electron chi connectivity index (χ0n) is 13.9. The highest BCUT2D eigenvalue weighted by molar-refractivity contribution is 7.99. The van der Waals surface area contributed by atoms with Crippen LogP contribution in [-0.2, 0) is 4.74 Å². The fourth-order valence-electron chi connectivity index (χ4n) is 2.52. The maximum atomic E-state index is 7.58. The van der Waals surface area contributed by atoms with Gasteiger partial charge < -0.3 is 21.2 Å². The first-order valence-corrected chi connectivity index (χ1v) is 9.18. The van der Waals surface area contributed by atoms with Crippen molar-refractivity contribution in [2.24, 2.45) is 0 Å². The number of para-hydroxylation sites is 1. The van der Waals surface area contributed by atoms with Gasteiger partial charge in [0.15, 0.2) is 5.16 Å². The van der Waals surface area contributed by atoms with Gasteiger partial charge >= 0.3 is 0 Å². The van der Waals surface area contributed by atoms with E-state index in [1.807, 2.05) is 30.3 Å². The van der Waals surface area contributed by atoms with E-state index < -0.39 is 0 Å². The van der Waals surface area contributed by atoms with Gasteiger partial charge in [0, 0.05) is 37.3 Å². The van der Waals surface area contributed by atoms with Gasteiger partial charge in [-0.15, -0.1) is 0 Å². The fourth-order valence-corrected chi connectivity index (χ4v) is 3.37. The van der Waals surface area contributed by atoms with Crippen molar-refractivity contribution in [3.05, 3.63) is 35.9 Å². The molecule has 0 radical (unpaired) electrons. The molecular formula is C17H22N6OS. The van der Waals surface area contributed by atoms with E-state index in [-0.39, 0.29) is 0 Å². The van der Waals surface area contributed by atoms with Gasteiger partial charge in [0.2, 0.25) is 0 Å². The van der Waals surface area contributed by atoms with Crippen molar-refractivity contribution in [3.63, 3.8) is 0 Å². The number of ether oxygens (including phenoxy) is 1. The van der Waals surface area contributed by atoms with Crippen LogP contribution < -0.4 is 11.1 Å². The van der Waals surface area contributed by atoms with Gasteiger partial charge in [-0.3, -0.25) is 4.90 Å². The van der Waals surface area contributed by atoms with E-state index in [2.05, 4.69) is 20.2 Å². The van der Waals surface area contributed by atoms with Crippen LogP contribution >= 0.6 is 11.8 Å². The van der Waals surface area contributed by atoms with Crippen LogP contribution in [0.15, 0.2) is 35.5 Å². The lowest BCUT2D eigenvalue weighted by molar-refractivity contribution is 0.0410. The number of anilines is 3. The number of nitrogens with one attached hydrogen (secondary N) is 2. The van der Waals surface area contributed by atoms with Crippen LogP contribution in [0, 0.1) is 5.41 Å². The first-order valence-electron chi connectivity index (χ1n) is 8.19. The summed E-state index contributed by atoms with van der Waals surface area (Å²) in [6.07, 6.45) is 1.18. The van der Waals surface area contributed by atoms with Crippen molar-refractivity contribution >= 4 is 35.3 Å². The molecule has 1 aromatic carbocycles. The standard InChI is InChI=1S/C17H22N6OS/c18-12-14-15(19)21-17(25-11-8-23-6-9-24-10-7-23)22-16(14)20-13-4-2-1-3-5-13/h1-5,12,18H,6-11H2,(H3,19,20,21,22). The van der Waals surface area contributed by atoms with Gasteiger partial charge in [0.05, 0.1) is 18.8 Å². The number of rotatable bonds is 7. The molecule has 1 aliphatic rings. The number of nitrogens with zero attached hydrogens (tertiary/aromatic N) is 3. The molecule has 2 heterocycles. The monoisotopic (exact) mass is 358 g/mol. The van der Waals surface area contributed by atoms with Gasteiger partial charge in [-0.25, -0.2) is 9.97 Å². The number of thioether (sulfide) groups is 1. The molecule has 2 aromatic rings. The molecule has 0 saturated carbocycles. The Morgan fingerprint density at radius 3 is 2.72 bits per heavy atom. The third kappa shape index (κ3) is 4.91. The zero-order chi connectivity index (χ0) is 17.5. The Hall–Kier alpha value is -2.16. The van der Waals surface area contributed by atoms with E-state index >= 15 is 0 Å². The minimum absolute atomic E-state index is 0.317. The van der Waals surface area contributed by atoms with E-state index in [4.69, 9.17) is 15.9 Å². The molecule has 8 heteroatoms. The van der Waals surface area contributed by atoms with Crippen molar-refractivity contribution in [2.45, 2.75) is 5.16 Å². The normalized spacial score (nSPS) is 15.0. The van der Waals surface area contributed by atoms with Gasteiger partial charge in [-0.1, -0.05) is 30.0 Å². The lowest BCUT2D eigenvalue weighted by Crippen LogP contribution is -2.37. The highest BCUT2D eigenvalue weighted by Crippen LogP contribution is 2.25. The van der Waals surface area contributed by atoms with Crippen LogP contribution in [0.2, 0.25) is 0 Å². The minimum Gasteiger partial charge on any atom is -0.383 e. The topological polar surface area (TPSA) is 100 Å². The number of morpholine rings is 1. The third-order valence-corrected chi connectivity index (χ3v) is 4.71. The van der Waals surface area contributed by atoms with Crippen molar-refractivity contribution in [2.75, 3.05) is 49.7 Å². The van der Waals surface area contributed by atoms with Gasteiger partial charge in [0.25, 0.3) is 0 Å². The van der Waals surface area contributed by atoms with E-state index in [1.165, 1.54) is 6.21 Å². The molecule has 0 aliphatic carbocycles. The van der Waals surface area contributed by atoms with Crippen LogP contribution in [0.25, 0.3) is 0 Å². The fraction of sp³-hybridized carbons (Fsp3) is 0.353. The van der Waals surface area contributed by atoms with Gasteiger partial charge in [-0.2, -0.15) is 0 Å². The molecule has 0 bridgehead atoms. The summed E-state index contributed by atoms with van der Waals surface area (Å²) >= 11 is 1.57. The number of benzene rings is 1. The molecule has 0 atom stereocenters. The Bertz CT molecular complexity index is 706. The molecule has 3 rings (SSSR count). The van der Waals surface area contributed by atoms with Gasteiger partial charge in [-0.05, 0) is 12.1 Å². The number of aromatic nitrogens is 2. The predicted molar refractivity (Wildman–Crippen MR) is 102 cm³/mol. The van der Waals surface area contributed by atoms with E-state index in [9.17, 15) is 0 Å². The van der Waals surface area contributed by atoms with Crippen molar-refractivity contribution < 1.29 is 4.74 Å². The highest BCUT2D eigenvalue weighted by Gasteiger charge is 2.13. The highest BCUT2D eigenvalue weighted by atomic mass is 32.2. The molecule has 0 unspecified atom stereocenters. The quantitative estimate of drug-likeness (QED) is 0.396. The summed E-state index contributed by atoms with van der Waals surface area (Å²) in [5.41, 5.74) is 7.42. The van der Waals surface area contributed by atoms with Crippen LogP contribution in [0.1, 0.15) is 5.56 Å². The summed E-state index contributed by atoms with van der Waals surface area (Å²) in [4.78, 5) is 11.2. The average molecular weight is 358 g/mol. The molecule has 0 spiro atoms. The molecule has 1 fully saturated rings. The molecule has 1 saturated heterocycles. The lowest BCUT2D eigenvalue weighted by atomic mass is 10.2. The second-order valence-electron chi connectivity index (χ2n) is 5.59. The smallest absolute Gasteiger partial charge is 0.191 e. The summed E-state index contributed by atoms with van der Waals surface area (Å²) in [7, 11) is 0. The Morgan fingerprint density at radius 1 is 1.24 bits per heavy atom. The maximum absolute atomic E-state index is 7.58. The van der Waals surface area contributed by atoms with Crippen LogP contribution in [0.5, 0.6) is 0 Å². The molecule has 4 N–H and O–H groups in total. The number of nitrogens with two attached hydrogens (primary N) is 1. The Balaban J connectivity index is 1.68. The first kappa shape index (κ1) is 17.7. The lowest BCUT2D eigenvalue weighted by Gasteiger charge is -2.26. The van der Waals surface area contributed by atoms with Gasteiger partial charge in [0.1, 0.15) is 11.6 Å². The molecule has 1 aromatic heterocycles. The Labute approximate surface area is 151 Å². The second kappa shape index (κ2) is 8.80. The SMILES string of the molecule is N=Cc1c(N)nc(SCCN2CCOCC2)nc1Nc1ccccc1. The van der Waals surface area contributed by atoms with E-state index in [1.54, 1.807) is 11.8 Å². The van der Waals surface area contributed by atoms with E-state index in [0.29, 0.717) is 22.4 Å². The number of nitrogen functional groups attached to an aromatic ring is 1. The summed E-state index contributed by atoms with van der Waals surface area (Å²) < 4.78 is 5.36. The van der Waals surface area contributed by atoms with Crippen LogP contribution in [0.4, 0.5) is 17.3 Å². The summed E-state index contributed by atoms with van der Waals surface area (Å²) in [5.74, 6) is 1.76. The largest absolute Gasteiger partial charge is 0.383 e. The molecule has 0 amide bonds. The Morgan fingerprint density at radius 2 is 2.00 bits per heavy atom. The molecule has 7 nitrogen and oxygen atoms in total. The molecule has 1 aliphatic heterocycles. The van der Waals surface area contributed by atoms with Crippen LogP contribution in [-0.4, -0.2) is 59.7 Å². The number of hydrogen-bond acceptors (Lipinski definition) is 8. The second-order valence-corrected chi connectivity index (χ2v) is 6.65. The predicted octanol–water partition coefficient (Wildman–Crippen LogP) is 2.22. The average Bonchev–Trinajstić information content (AvgIpc) is 2.63. The Kier molecular flexibility index (Phi) is 6.21. The molecular weight excluding hydrogens is 336 g/mol. The summed E-state index contributed by atoms with van der Waals surface area (Å²) in [6, 6.07) is 9.71. The molecule has 132 valence electrons. The van der Waals surface area contributed by atoms with E-state index in [0.717, 1.165) is 44.3 Å². The zero-order valence-corrected chi connectivity index (χ0v) is 14.8. The van der Waals surface area contributed by atoms with Crippen molar-refractivity contribution in [1.29, 1.82) is 5.41 Å². The molecule has 25 heavy (non-hydrogen) atoms. The van der Waals surface area contributed by atoms with Crippen molar-refractivity contribution in [3.8, 4) is 0 Å². The van der Waals surface area contributed by atoms with Crippen molar-refractivity contribution in [1.82, 2.24) is 14.9 Å². The summed E-state index contributed by atoms with van der Waals surface area (Å²) in [5, 5.41) is 11.4.